The van der Waals surface area contributed by atoms with E-state index in [1.54, 1.807) is 4.90 Å². The molecule has 1 saturated carbocycles. The van der Waals surface area contributed by atoms with E-state index in [0.717, 1.165) is 25.7 Å². The monoisotopic (exact) mass is 572 g/mol. The van der Waals surface area contributed by atoms with Crippen molar-refractivity contribution in [2.24, 2.45) is 10.8 Å². The number of esters is 2. The van der Waals surface area contributed by atoms with Crippen LogP contribution in [0, 0.1) is 10.8 Å². The highest BCUT2D eigenvalue weighted by atomic mass is 32.2. The third kappa shape index (κ3) is 6.01. The first-order valence-corrected chi connectivity index (χ1v) is 15.0. The van der Waals surface area contributed by atoms with Gasteiger partial charge in [0.2, 0.25) is 5.91 Å². The Morgan fingerprint density at radius 2 is 1.59 bits per heavy atom. The Bertz CT molecular complexity index is 1190. The number of rotatable bonds is 6. The molecule has 0 aromatic heterocycles. The molecule has 1 spiro atoms. The maximum atomic E-state index is 13.1. The van der Waals surface area contributed by atoms with Crippen LogP contribution in [0.3, 0.4) is 0 Å². The van der Waals surface area contributed by atoms with Crippen molar-refractivity contribution in [3.63, 3.8) is 0 Å². The van der Waals surface area contributed by atoms with E-state index in [1.165, 1.54) is 5.56 Å². The van der Waals surface area contributed by atoms with Crippen molar-refractivity contribution in [3.8, 4) is 0 Å². The standard InChI is InChI=1S/C27H35F3N2O6S/c1-31(2)26(20-6-4-3-5-7-20)10-8-24(9-11-26)18-21(33)32(19-24)15-12-25(13-16-39(36,37)17-14-25)22(34)38-23(35)27(28,29)30/h3-7H,8-19H2,1-2H3. The van der Waals surface area contributed by atoms with Gasteiger partial charge in [-0.2, -0.15) is 13.2 Å². The number of hydrogen-bond donors (Lipinski definition) is 0. The predicted molar refractivity (Wildman–Crippen MR) is 136 cm³/mol. The minimum atomic E-state index is -5.35. The zero-order valence-electron chi connectivity index (χ0n) is 22.3. The van der Waals surface area contributed by atoms with E-state index in [9.17, 15) is 36.0 Å². The smallest absolute Gasteiger partial charge is 0.386 e. The van der Waals surface area contributed by atoms with Crippen molar-refractivity contribution < 1.29 is 40.7 Å². The normalized spacial score (nSPS) is 26.1. The maximum absolute atomic E-state index is 13.1. The zero-order chi connectivity index (χ0) is 28.7. The third-order valence-electron chi connectivity index (χ3n) is 9.20. The van der Waals surface area contributed by atoms with Crippen LogP contribution in [-0.2, 0) is 34.5 Å². The molecule has 0 radical (unpaired) electrons. The maximum Gasteiger partial charge on any atom is 0.491 e. The van der Waals surface area contributed by atoms with E-state index in [-0.39, 0.29) is 42.7 Å². The molecular weight excluding hydrogens is 537 g/mol. The Morgan fingerprint density at radius 1 is 1.00 bits per heavy atom. The summed E-state index contributed by atoms with van der Waals surface area (Å²) in [7, 11) is 0.663. The van der Waals surface area contributed by atoms with Gasteiger partial charge in [0, 0.05) is 25.0 Å². The number of likely N-dealkylation sites (tertiary alicyclic amines) is 1. The molecule has 39 heavy (non-hydrogen) atoms. The van der Waals surface area contributed by atoms with Crippen LogP contribution >= 0.6 is 0 Å². The predicted octanol–water partition coefficient (Wildman–Crippen LogP) is 3.45. The zero-order valence-corrected chi connectivity index (χ0v) is 23.1. The number of carbonyl (C=O) groups excluding carboxylic acids is 3. The summed E-state index contributed by atoms with van der Waals surface area (Å²) in [5.41, 5.74) is -0.731. The van der Waals surface area contributed by atoms with E-state index < -0.39 is 44.9 Å². The summed E-state index contributed by atoms with van der Waals surface area (Å²) in [5, 5.41) is 0. The Balaban J connectivity index is 1.45. The number of benzene rings is 1. The molecule has 2 heterocycles. The van der Waals surface area contributed by atoms with Crippen LogP contribution in [0.1, 0.15) is 56.9 Å². The quantitative estimate of drug-likeness (QED) is 0.380. The lowest BCUT2D eigenvalue weighted by molar-refractivity contribution is -0.205. The molecule has 216 valence electrons. The summed E-state index contributed by atoms with van der Waals surface area (Å²) in [6, 6.07) is 10.3. The van der Waals surface area contributed by atoms with Gasteiger partial charge in [0.1, 0.15) is 9.84 Å². The molecule has 1 aromatic carbocycles. The van der Waals surface area contributed by atoms with Gasteiger partial charge in [-0.3, -0.25) is 14.5 Å². The van der Waals surface area contributed by atoms with Gasteiger partial charge in [-0.25, -0.2) is 13.2 Å². The Morgan fingerprint density at radius 3 is 2.13 bits per heavy atom. The largest absolute Gasteiger partial charge is 0.491 e. The topological polar surface area (TPSA) is 101 Å². The Hall–Kier alpha value is -2.47. The van der Waals surface area contributed by atoms with Crippen LogP contribution in [-0.4, -0.2) is 80.9 Å². The van der Waals surface area contributed by atoms with E-state index >= 15 is 0 Å². The Labute approximate surface area is 226 Å². The summed E-state index contributed by atoms with van der Waals surface area (Å²) in [6.45, 7) is 0.544. The first-order chi connectivity index (χ1) is 18.1. The molecule has 8 nitrogen and oxygen atoms in total. The average Bonchev–Trinajstić information content (AvgIpc) is 3.18. The van der Waals surface area contributed by atoms with E-state index in [1.807, 2.05) is 18.2 Å². The van der Waals surface area contributed by atoms with Gasteiger partial charge < -0.3 is 9.64 Å². The van der Waals surface area contributed by atoms with Gasteiger partial charge in [-0.1, -0.05) is 30.3 Å². The van der Waals surface area contributed by atoms with Crippen molar-refractivity contribution in [2.75, 3.05) is 38.7 Å². The number of amides is 1. The number of hydrogen-bond acceptors (Lipinski definition) is 7. The minimum absolute atomic E-state index is 0.0695. The van der Waals surface area contributed by atoms with Gasteiger partial charge >= 0.3 is 18.1 Å². The van der Waals surface area contributed by atoms with Gasteiger partial charge in [0.15, 0.2) is 0 Å². The van der Waals surface area contributed by atoms with Crippen LogP contribution in [0.5, 0.6) is 0 Å². The highest BCUT2D eigenvalue weighted by molar-refractivity contribution is 7.91. The first kappa shape index (κ1) is 29.5. The Kier molecular flexibility index (Phi) is 7.94. The van der Waals surface area contributed by atoms with Crippen molar-refractivity contribution in [2.45, 2.75) is 63.1 Å². The molecule has 1 amide bonds. The highest BCUT2D eigenvalue weighted by Crippen LogP contribution is 2.52. The molecule has 2 saturated heterocycles. The van der Waals surface area contributed by atoms with Crippen molar-refractivity contribution >= 4 is 27.7 Å². The molecule has 12 heteroatoms. The SMILES string of the molecule is CN(C)C1(c2ccccc2)CCC2(CC1)CC(=O)N(CCC1(C(=O)OC(=O)C(F)(F)F)CCS(=O)(=O)CC1)C2. The average molecular weight is 573 g/mol. The summed E-state index contributed by atoms with van der Waals surface area (Å²) >= 11 is 0. The molecule has 0 unspecified atom stereocenters. The van der Waals surface area contributed by atoms with Crippen LogP contribution in [0.25, 0.3) is 0 Å². The molecule has 1 aliphatic carbocycles. The van der Waals surface area contributed by atoms with E-state index in [0.29, 0.717) is 13.0 Å². The molecule has 0 N–H and O–H groups in total. The molecule has 1 aromatic rings. The summed E-state index contributed by atoms with van der Waals surface area (Å²) in [4.78, 5) is 41.1. The molecule has 4 rings (SSSR count). The fraction of sp³-hybridized carbons (Fsp3) is 0.667. The van der Waals surface area contributed by atoms with E-state index in [4.69, 9.17) is 0 Å². The second kappa shape index (κ2) is 10.5. The van der Waals surface area contributed by atoms with Gasteiger partial charge in [-0.15, -0.1) is 0 Å². The molecule has 0 bridgehead atoms. The van der Waals surface area contributed by atoms with Crippen LogP contribution in [0.2, 0.25) is 0 Å². The number of ether oxygens (including phenoxy) is 1. The van der Waals surface area contributed by atoms with Crippen molar-refractivity contribution in [3.05, 3.63) is 35.9 Å². The summed E-state index contributed by atoms with van der Waals surface area (Å²) in [5.74, 6) is -4.89. The van der Waals surface area contributed by atoms with Gasteiger partial charge in [-0.05, 0) is 70.0 Å². The van der Waals surface area contributed by atoms with Crippen molar-refractivity contribution in [1.82, 2.24) is 9.80 Å². The molecule has 2 aliphatic heterocycles. The molecular formula is C27H35F3N2O6S. The fourth-order valence-electron chi connectivity index (χ4n) is 6.54. The van der Waals surface area contributed by atoms with Crippen molar-refractivity contribution in [1.29, 1.82) is 0 Å². The highest BCUT2D eigenvalue weighted by Gasteiger charge is 2.52. The minimum Gasteiger partial charge on any atom is -0.386 e. The lowest BCUT2D eigenvalue weighted by Gasteiger charge is -2.49. The number of alkyl halides is 3. The van der Waals surface area contributed by atoms with Gasteiger partial charge in [0.05, 0.1) is 16.9 Å². The number of sulfone groups is 1. The molecule has 3 aliphatic rings. The lowest BCUT2D eigenvalue weighted by Crippen LogP contribution is -2.47. The van der Waals surface area contributed by atoms with Crippen LogP contribution in [0.4, 0.5) is 13.2 Å². The summed E-state index contributed by atoms with van der Waals surface area (Å²) < 4.78 is 66.4. The number of carbonyl (C=O) groups is 3. The fourth-order valence-corrected chi connectivity index (χ4v) is 8.15. The number of nitrogens with zero attached hydrogens (tertiary/aromatic N) is 2. The summed E-state index contributed by atoms with van der Waals surface area (Å²) in [6.07, 6.45) is -2.23. The number of halogens is 3. The van der Waals surface area contributed by atoms with Crippen LogP contribution in [0.15, 0.2) is 30.3 Å². The second-order valence-electron chi connectivity index (χ2n) is 11.6. The first-order valence-electron chi connectivity index (χ1n) is 13.2. The van der Waals surface area contributed by atoms with Crippen LogP contribution < -0.4 is 0 Å². The van der Waals surface area contributed by atoms with E-state index in [2.05, 4.69) is 35.9 Å². The molecule has 3 fully saturated rings. The third-order valence-corrected chi connectivity index (χ3v) is 10.9. The lowest BCUT2D eigenvalue weighted by atomic mass is 9.64. The molecule has 0 atom stereocenters. The van der Waals surface area contributed by atoms with Gasteiger partial charge in [0.25, 0.3) is 0 Å². The second-order valence-corrected chi connectivity index (χ2v) is 13.9.